The molecule has 5 atom stereocenters. The molecule has 3 N–H and O–H groups in total. The topological polar surface area (TPSA) is 237 Å². The maximum absolute atomic E-state index is 13.1. The van der Waals surface area contributed by atoms with Crippen LogP contribution in [0.4, 0.5) is 0 Å². The number of phosphoric acid groups is 2. The number of rotatable bonds is 77. The van der Waals surface area contributed by atoms with Crippen LogP contribution in [0.25, 0.3) is 0 Å². The fraction of sp³-hybridized carbons (Fsp3) is 0.827. The molecule has 0 aliphatic heterocycles. The lowest BCUT2D eigenvalue weighted by Crippen LogP contribution is -2.30. The third kappa shape index (κ3) is 73.1. The van der Waals surface area contributed by atoms with Crippen LogP contribution < -0.4 is 0 Å². The first kappa shape index (κ1) is 96.8. The molecule has 0 aliphatic carbocycles. The third-order valence-electron chi connectivity index (χ3n) is 17.5. The van der Waals surface area contributed by atoms with Crippen molar-refractivity contribution < 1.29 is 80.2 Å². The van der Waals surface area contributed by atoms with E-state index in [0.717, 1.165) is 135 Å². The van der Waals surface area contributed by atoms with E-state index in [1.165, 1.54) is 161 Å². The van der Waals surface area contributed by atoms with Gasteiger partial charge in [0.1, 0.15) is 19.3 Å². The summed E-state index contributed by atoms with van der Waals surface area (Å²) >= 11 is 0. The van der Waals surface area contributed by atoms with Crippen LogP contribution in [0.3, 0.4) is 0 Å². The zero-order valence-electron chi connectivity index (χ0n) is 63.9. The molecule has 0 rings (SSSR count). The summed E-state index contributed by atoms with van der Waals surface area (Å²) in [5.74, 6) is -2.17. The molecule has 0 bridgehead atoms. The van der Waals surface area contributed by atoms with E-state index in [-0.39, 0.29) is 25.7 Å². The molecule has 19 heteroatoms. The van der Waals surface area contributed by atoms with Crippen LogP contribution in [0.15, 0.2) is 60.8 Å². The number of ether oxygens (including phenoxy) is 4. The molecule has 0 amide bonds. The number of hydrogen-bond acceptors (Lipinski definition) is 15. The highest BCUT2D eigenvalue weighted by molar-refractivity contribution is 7.47. The van der Waals surface area contributed by atoms with Crippen molar-refractivity contribution in [3.05, 3.63) is 60.8 Å². The van der Waals surface area contributed by atoms with E-state index in [1.54, 1.807) is 0 Å². The van der Waals surface area contributed by atoms with Gasteiger partial charge in [-0.05, 0) is 89.9 Å². The SMILES string of the molecule is CC/C=C\C/C=C\C/C=C\C/C=C\CCCCCCC(=O)OCC(COP(=O)(O)OCC(O)COP(=O)(O)OCC(COC(=O)CCCCCCCCCCCCCCCCC)OC(=O)CCCCCCCCCCCCCCCCC)OC(=O)CCCCCCC/C=C\CCCCCC. The van der Waals surface area contributed by atoms with Crippen molar-refractivity contribution in [1.29, 1.82) is 0 Å². The van der Waals surface area contributed by atoms with E-state index < -0.39 is 97.5 Å². The molecule has 0 aromatic rings. The summed E-state index contributed by atoms with van der Waals surface area (Å²) in [6, 6.07) is 0. The van der Waals surface area contributed by atoms with Crippen molar-refractivity contribution >= 4 is 39.5 Å². The van der Waals surface area contributed by atoms with Gasteiger partial charge in [-0.3, -0.25) is 37.3 Å². The summed E-state index contributed by atoms with van der Waals surface area (Å²) in [4.78, 5) is 73.0. The van der Waals surface area contributed by atoms with Crippen LogP contribution in [0.1, 0.15) is 374 Å². The van der Waals surface area contributed by atoms with Crippen LogP contribution in [0.2, 0.25) is 0 Å². The van der Waals surface area contributed by atoms with Crippen LogP contribution in [0, 0.1) is 0 Å². The standard InChI is InChI=1S/C81H148O17P2/c1-5-9-13-17-21-25-29-33-36-37-40-43-46-50-54-58-62-66-79(84)92-71-76(97-80(85)67-63-59-55-51-47-41-32-28-24-20-16-12-8-4)73-95-99(87,88)93-69-75(82)70-94-100(89,90)96-74-77(98-81(86)68-64-60-56-52-48-44-39-35-31-27-23-19-15-11-7-3)72-91-78(83)65-61-57-53-49-45-42-38-34-30-26-22-18-14-10-6-2/h9,13,21,25,28,32-33,36,40,43,75-77,82H,5-8,10-12,14-20,22-24,26-27,29-31,34-35,37-39,41-42,44-74H2,1-4H3,(H,87,88)(H,89,90)/b13-9-,25-21-,32-28-,36-33-,43-40-. The summed E-state index contributed by atoms with van der Waals surface area (Å²) in [6.07, 6.45) is 73.3. The van der Waals surface area contributed by atoms with Crippen molar-refractivity contribution in [2.75, 3.05) is 39.6 Å². The van der Waals surface area contributed by atoms with E-state index >= 15 is 0 Å². The second-order valence-electron chi connectivity index (χ2n) is 27.3. The predicted octanol–water partition coefficient (Wildman–Crippen LogP) is 23.5. The quantitative estimate of drug-likeness (QED) is 0.0169. The highest BCUT2D eigenvalue weighted by Crippen LogP contribution is 2.45. The van der Waals surface area contributed by atoms with Crippen molar-refractivity contribution in [1.82, 2.24) is 0 Å². The molecule has 0 aromatic carbocycles. The van der Waals surface area contributed by atoms with Gasteiger partial charge < -0.3 is 33.8 Å². The number of esters is 4. The zero-order valence-corrected chi connectivity index (χ0v) is 65.7. The molecule has 0 heterocycles. The first-order chi connectivity index (χ1) is 48.7. The van der Waals surface area contributed by atoms with Gasteiger partial charge in [0.2, 0.25) is 0 Å². The van der Waals surface area contributed by atoms with E-state index in [1.807, 2.05) is 0 Å². The zero-order chi connectivity index (χ0) is 73.2. The molecule has 0 aromatic heterocycles. The van der Waals surface area contributed by atoms with Crippen molar-refractivity contribution in [3.63, 3.8) is 0 Å². The molecule has 0 saturated carbocycles. The summed E-state index contributed by atoms with van der Waals surface area (Å²) in [6.45, 7) is 4.80. The minimum atomic E-state index is -4.98. The van der Waals surface area contributed by atoms with Gasteiger partial charge in [0.15, 0.2) is 12.2 Å². The number of aliphatic hydroxyl groups excluding tert-OH is 1. The molecule has 0 fully saturated rings. The van der Waals surface area contributed by atoms with Crippen molar-refractivity contribution in [2.24, 2.45) is 0 Å². The Morgan fingerprint density at radius 1 is 0.290 bits per heavy atom. The van der Waals surface area contributed by atoms with Crippen molar-refractivity contribution in [2.45, 2.75) is 393 Å². The number of unbranched alkanes of at least 4 members (excludes halogenated alkanes) is 41. The second-order valence-corrected chi connectivity index (χ2v) is 30.3. The van der Waals surface area contributed by atoms with Gasteiger partial charge in [-0.2, -0.15) is 0 Å². The molecule has 0 saturated heterocycles. The molecule has 5 unspecified atom stereocenters. The maximum Gasteiger partial charge on any atom is 0.472 e. The Labute approximate surface area is 610 Å². The third-order valence-corrected chi connectivity index (χ3v) is 19.4. The summed E-state index contributed by atoms with van der Waals surface area (Å²) in [5.41, 5.74) is 0. The average molecular weight is 1460 g/mol. The van der Waals surface area contributed by atoms with Gasteiger partial charge in [-0.15, -0.1) is 0 Å². The monoisotopic (exact) mass is 1460 g/mol. The number of carbonyl (C=O) groups is 4. The minimum absolute atomic E-state index is 0.0827. The number of allylic oxidation sites excluding steroid dienone is 10. The Morgan fingerprint density at radius 2 is 0.520 bits per heavy atom. The first-order valence-electron chi connectivity index (χ1n) is 40.5. The summed E-state index contributed by atoms with van der Waals surface area (Å²) < 4.78 is 68.6. The van der Waals surface area contributed by atoms with Gasteiger partial charge in [-0.1, -0.05) is 320 Å². The summed E-state index contributed by atoms with van der Waals surface area (Å²) in [5, 5.41) is 10.6. The van der Waals surface area contributed by atoms with E-state index in [0.29, 0.717) is 25.7 Å². The van der Waals surface area contributed by atoms with E-state index in [9.17, 15) is 43.2 Å². The van der Waals surface area contributed by atoms with E-state index in [2.05, 4.69) is 88.5 Å². The molecule has 0 radical (unpaired) electrons. The Balaban J connectivity index is 5.33. The number of hydrogen-bond donors (Lipinski definition) is 3. The smallest absolute Gasteiger partial charge is 0.462 e. The van der Waals surface area contributed by atoms with Gasteiger partial charge in [0, 0.05) is 25.7 Å². The molecular weight excluding hydrogens is 1310 g/mol. The first-order valence-corrected chi connectivity index (χ1v) is 43.5. The lowest BCUT2D eigenvalue weighted by Gasteiger charge is -2.21. The van der Waals surface area contributed by atoms with Crippen LogP contribution >= 0.6 is 15.6 Å². The Kier molecular flexibility index (Phi) is 71.6. The Hall–Kier alpha value is -3.24. The highest BCUT2D eigenvalue weighted by Gasteiger charge is 2.30. The fourth-order valence-electron chi connectivity index (χ4n) is 11.3. The molecule has 100 heavy (non-hydrogen) atoms. The normalized spacial score (nSPS) is 14.2. The Bertz CT molecular complexity index is 2130. The fourth-order valence-corrected chi connectivity index (χ4v) is 12.9. The lowest BCUT2D eigenvalue weighted by molar-refractivity contribution is -0.161. The number of phosphoric ester groups is 2. The molecular formula is C81H148O17P2. The molecule has 0 spiro atoms. The van der Waals surface area contributed by atoms with Gasteiger partial charge in [0.05, 0.1) is 26.4 Å². The van der Waals surface area contributed by atoms with Crippen LogP contribution in [-0.4, -0.2) is 96.7 Å². The minimum Gasteiger partial charge on any atom is -0.462 e. The number of carbonyl (C=O) groups excluding carboxylic acids is 4. The lowest BCUT2D eigenvalue weighted by atomic mass is 10.0. The van der Waals surface area contributed by atoms with Gasteiger partial charge in [-0.25, -0.2) is 9.13 Å². The molecule has 0 aliphatic rings. The second kappa shape index (κ2) is 74.0. The predicted molar refractivity (Wildman–Crippen MR) is 409 cm³/mol. The Morgan fingerprint density at radius 3 is 0.820 bits per heavy atom. The van der Waals surface area contributed by atoms with E-state index in [4.69, 9.17) is 37.0 Å². The van der Waals surface area contributed by atoms with Gasteiger partial charge >= 0.3 is 39.5 Å². The number of aliphatic hydroxyl groups is 1. The highest BCUT2D eigenvalue weighted by atomic mass is 31.2. The maximum atomic E-state index is 13.1. The van der Waals surface area contributed by atoms with Crippen molar-refractivity contribution in [3.8, 4) is 0 Å². The molecule has 584 valence electrons. The van der Waals surface area contributed by atoms with Crippen LogP contribution in [0.5, 0.6) is 0 Å². The molecule has 17 nitrogen and oxygen atoms in total. The largest absolute Gasteiger partial charge is 0.472 e. The average Bonchev–Trinajstić information content (AvgIpc) is 0.965. The van der Waals surface area contributed by atoms with Gasteiger partial charge in [0.25, 0.3) is 0 Å². The van der Waals surface area contributed by atoms with Crippen LogP contribution in [-0.2, 0) is 65.4 Å². The summed E-state index contributed by atoms with van der Waals surface area (Å²) in [7, 11) is -9.94.